The number of nitrogens with one attached hydrogen (secondary N) is 1. The highest BCUT2D eigenvalue weighted by molar-refractivity contribution is 5.74. The molecule has 0 saturated carbocycles. The number of morpholine rings is 1. The maximum Gasteiger partial charge on any atom is 0.318 e. The van der Waals surface area contributed by atoms with E-state index in [1.54, 1.807) is 4.90 Å². The molecule has 2 aromatic carbocycles. The van der Waals surface area contributed by atoms with Gasteiger partial charge in [0, 0.05) is 19.5 Å². The van der Waals surface area contributed by atoms with Crippen molar-refractivity contribution >= 4 is 6.03 Å². The molecular weight excluding hydrogens is 360 g/mol. The molecule has 4 rings (SSSR count). The van der Waals surface area contributed by atoms with Gasteiger partial charge >= 0.3 is 6.03 Å². The molecule has 0 spiro atoms. The van der Waals surface area contributed by atoms with Crippen molar-refractivity contribution in [1.29, 1.82) is 0 Å². The van der Waals surface area contributed by atoms with Crippen molar-refractivity contribution in [3.63, 3.8) is 0 Å². The normalized spacial score (nSPS) is 19.3. The molecule has 0 radical (unpaired) electrons. The van der Waals surface area contributed by atoms with Crippen LogP contribution in [0.25, 0.3) is 0 Å². The number of hydrogen-bond donors (Lipinski definition) is 2. The van der Waals surface area contributed by atoms with Crippen molar-refractivity contribution in [2.24, 2.45) is 0 Å². The van der Waals surface area contributed by atoms with E-state index in [0.717, 1.165) is 16.9 Å². The van der Waals surface area contributed by atoms with Crippen LogP contribution < -0.4 is 14.8 Å². The van der Waals surface area contributed by atoms with E-state index in [1.807, 2.05) is 48.5 Å². The summed E-state index contributed by atoms with van der Waals surface area (Å²) in [6, 6.07) is 14.8. The SMILES string of the molecule is O=C(NCc1ccc2c(c1)OCO2)N1CCOCC1CC(O)c1ccccc1. The van der Waals surface area contributed by atoms with Crippen molar-refractivity contribution in [3.8, 4) is 11.5 Å². The van der Waals surface area contributed by atoms with Gasteiger partial charge in [0.1, 0.15) is 0 Å². The molecule has 0 aromatic heterocycles. The molecule has 2 aliphatic rings. The van der Waals surface area contributed by atoms with Crippen LogP contribution in [0.15, 0.2) is 48.5 Å². The number of rotatable bonds is 5. The molecule has 0 aliphatic carbocycles. The van der Waals surface area contributed by atoms with Gasteiger partial charge in [0.25, 0.3) is 0 Å². The van der Waals surface area contributed by atoms with Gasteiger partial charge in [-0.05, 0) is 23.3 Å². The monoisotopic (exact) mass is 384 g/mol. The Kier molecular flexibility index (Phi) is 5.64. The smallest absolute Gasteiger partial charge is 0.318 e. The highest BCUT2D eigenvalue weighted by Gasteiger charge is 2.29. The molecule has 7 nitrogen and oxygen atoms in total. The quantitative estimate of drug-likeness (QED) is 0.828. The number of benzene rings is 2. The summed E-state index contributed by atoms with van der Waals surface area (Å²) >= 11 is 0. The van der Waals surface area contributed by atoms with Crippen LogP contribution >= 0.6 is 0 Å². The molecule has 1 saturated heterocycles. The Balaban J connectivity index is 1.36. The number of amides is 2. The van der Waals surface area contributed by atoms with E-state index in [2.05, 4.69) is 5.32 Å². The second kappa shape index (κ2) is 8.50. The van der Waals surface area contributed by atoms with Crippen molar-refractivity contribution in [2.45, 2.75) is 25.1 Å². The molecule has 2 N–H and O–H groups in total. The Morgan fingerprint density at radius 1 is 1.18 bits per heavy atom. The summed E-state index contributed by atoms with van der Waals surface area (Å²) in [5.41, 5.74) is 1.78. The predicted octanol–water partition coefficient (Wildman–Crippen LogP) is 2.45. The van der Waals surface area contributed by atoms with Gasteiger partial charge in [-0.25, -0.2) is 4.79 Å². The third-order valence-electron chi connectivity index (χ3n) is 5.05. The third kappa shape index (κ3) is 4.21. The maximum absolute atomic E-state index is 12.8. The van der Waals surface area contributed by atoms with Crippen LogP contribution in [-0.4, -0.2) is 48.6 Å². The van der Waals surface area contributed by atoms with Crippen molar-refractivity contribution in [3.05, 3.63) is 59.7 Å². The Labute approximate surface area is 163 Å². The van der Waals surface area contributed by atoms with Gasteiger partial charge in [-0.1, -0.05) is 36.4 Å². The summed E-state index contributed by atoms with van der Waals surface area (Å²) in [5, 5.41) is 13.5. The highest BCUT2D eigenvalue weighted by atomic mass is 16.7. The number of ether oxygens (including phenoxy) is 3. The lowest BCUT2D eigenvalue weighted by atomic mass is 10.0. The maximum atomic E-state index is 12.8. The number of nitrogens with zero attached hydrogens (tertiary/aromatic N) is 1. The minimum Gasteiger partial charge on any atom is -0.454 e. The largest absolute Gasteiger partial charge is 0.454 e. The molecule has 2 atom stereocenters. The number of carbonyl (C=O) groups is 1. The highest BCUT2D eigenvalue weighted by Crippen LogP contribution is 2.32. The van der Waals surface area contributed by atoms with Crippen molar-refractivity contribution in [2.75, 3.05) is 26.6 Å². The second-order valence-electron chi connectivity index (χ2n) is 6.93. The van der Waals surface area contributed by atoms with E-state index < -0.39 is 6.10 Å². The fourth-order valence-corrected chi connectivity index (χ4v) is 3.52. The average molecular weight is 384 g/mol. The molecule has 28 heavy (non-hydrogen) atoms. The molecule has 2 aromatic rings. The van der Waals surface area contributed by atoms with E-state index in [4.69, 9.17) is 14.2 Å². The van der Waals surface area contributed by atoms with E-state index in [9.17, 15) is 9.90 Å². The average Bonchev–Trinajstić information content (AvgIpc) is 3.21. The standard InChI is InChI=1S/C21H24N2O5/c24-18(16-4-2-1-3-5-16)11-17-13-26-9-8-23(17)21(25)22-12-15-6-7-19-20(10-15)28-14-27-19/h1-7,10,17-18,24H,8-9,11-14H2,(H,22,25). The lowest BCUT2D eigenvalue weighted by Gasteiger charge is -2.36. The van der Waals surface area contributed by atoms with Crippen LogP contribution in [0.1, 0.15) is 23.7 Å². The van der Waals surface area contributed by atoms with Gasteiger partial charge in [-0.15, -0.1) is 0 Å². The molecule has 2 heterocycles. The van der Waals surface area contributed by atoms with Crippen molar-refractivity contribution in [1.82, 2.24) is 10.2 Å². The minimum atomic E-state index is -0.642. The number of carbonyl (C=O) groups excluding carboxylic acids is 1. The van der Waals surface area contributed by atoms with Crippen molar-refractivity contribution < 1.29 is 24.1 Å². The summed E-state index contributed by atoms with van der Waals surface area (Å²) < 4.78 is 16.2. The van der Waals surface area contributed by atoms with Crippen LogP contribution in [0.3, 0.4) is 0 Å². The first-order valence-electron chi connectivity index (χ1n) is 9.44. The van der Waals surface area contributed by atoms with Gasteiger partial charge in [-0.2, -0.15) is 0 Å². The Morgan fingerprint density at radius 2 is 2.00 bits per heavy atom. The van der Waals surface area contributed by atoms with Crippen LogP contribution in [0.5, 0.6) is 11.5 Å². The number of hydrogen-bond acceptors (Lipinski definition) is 5. The van der Waals surface area contributed by atoms with Crippen LogP contribution in [0, 0.1) is 0 Å². The first kappa shape index (κ1) is 18.6. The molecule has 2 unspecified atom stereocenters. The zero-order valence-electron chi connectivity index (χ0n) is 15.5. The van der Waals surface area contributed by atoms with Crippen LogP contribution in [0.2, 0.25) is 0 Å². The van der Waals surface area contributed by atoms with E-state index in [-0.39, 0.29) is 18.9 Å². The van der Waals surface area contributed by atoms with Gasteiger partial charge in [0.15, 0.2) is 11.5 Å². The molecule has 2 amide bonds. The Bertz CT molecular complexity index is 814. The summed E-state index contributed by atoms with van der Waals surface area (Å²) in [6.07, 6.45) is -0.210. The third-order valence-corrected chi connectivity index (χ3v) is 5.05. The van der Waals surface area contributed by atoms with Gasteiger partial charge in [0.2, 0.25) is 6.79 Å². The molecule has 0 bridgehead atoms. The summed E-state index contributed by atoms with van der Waals surface area (Å²) in [4.78, 5) is 14.5. The van der Waals surface area contributed by atoms with Crippen LogP contribution in [-0.2, 0) is 11.3 Å². The Hall–Kier alpha value is -2.77. The van der Waals surface area contributed by atoms with Crippen LogP contribution in [0.4, 0.5) is 4.79 Å². The van der Waals surface area contributed by atoms with E-state index in [1.165, 1.54) is 0 Å². The molecule has 2 aliphatic heterocycles. The molecule has 1 fully saturated rings. The zero-order chi connectivity index (χ0) is 19.3. The van der Waals surface area contributed by atoms with Gasteiger partial charge < -0.3 is 29.5 Å². The fourth-order valence-electron chi connectivity index (χ4n) is 3.52. The number of fused-ring (bicyclic) bond motifs is 1. The lowest BCUT2D eigenvalue weighted by molar-refractivity contribution is -0.00698. The summed E-state index contributed by atoms with van der Waals surface area (Å²) in [7, 11) is 0. The lowest BCUT2D eigenvalue weighted by Crippen LogP contribution is -2.52. The van der Waals surface area contributed by atoms with E-state index >= 15 is 0 Å². The fraction of sp³-hybridized carbons (Fsp3) is 0.381. The first-order chi connectivity index (χ1) is 13.7. The number of aliphatic hydroxyl groups excluding tert-OH is 1. The topological polar surface area (TPSA) is 80.3 Å². The van der Waals surface area contributed by atoms with E-state index in [0.29, 0.717) is 38.5 Å². The summed E-state index contributed by atoms with van der Waals surface area (Å²) in [5.74, 6) is 1.42. The van der Waals surface area contributed by atoms with Gasteiger partial charge in [-0.3, -0.25) is 0 Å². The molecule has 7 heteroatoms. The molecule has 148 valence electrons. The predicted molar refractivity (Wildman–Crippen MR) is 102 cm³/mol. The zero-order valence-corrected chi connectivity index (χ0v) is 15.5. The Morgan fingerprint density at radius 3 is 2.86 bits per heavy atom. The minimum absolute atomic E-state index is 0.161. The first-order valence-corrected chi connectivity index (χ1v) is 9.44. The number of aliphatic hydroxyl groups is 1. The second-order valence-corrected chi connectivity index (χ2v) is 6.93. The molecular formula is C21H24N2O5. The number of urea groups is 1. The van der Waals surface area contributed by atoms with Gasteiger partial charge in [0.05, 0.1) is 25.4 Å². The summed E-state index contributed by atoms with van der Waals surface area (Å²) in [6.45, 7) is 2.03.